The molecule has 0 aliphatic carbocycles. The van der Waals surface area contributed by atoms with Gasteiger partial charge >= 0.3 is 12.1 Å². The van der Waals surface area contributed by atoms with E-state index < -0.39 is 17.7 Å². The lowest BCUT2D eigenvalue weighted by Crippen LogP contribution is -2.06. The van der Waals surface area contributed by atoms with Crippen molar-refractivity contribution in [1.29, 1.82) is 0 Å². The van der Waals surface area contributed by atoms with E-state index >= 15 is 0 Å². The number of carbonyl (C=O) groups is 1. The number of ether oxygens (including phenoxy) is 1. The highest BCUT2D eigenvalue weighted by Crippen LogP contribution is 2.38. The zero-order valence-electron chi connectivity index (χ0n) is 13.7. The summed E-state index contributed by atoms with van der Waals surface area (Å²) in [6.45, 7) is 1.95. The number of nitrogens with zero attached hydrogens (tertiary/aromatic N) is 1. The first-order chi connectivity index (χ1) is 12.4. The zero-order chi connectivity index (χ0) is 18.7. The Hall–Kier alpha value is -2.67. The Morgan fingerprint density at radius 1 is 1.12 bits per heavy atom. The van der Waals surface area contributed by atoms with Gasteiger partial charge in [0, 0.05) is 10.9 Å². The zero-order valence-corrected chi connectivity index (χ0v) is 14.5. The van der Waals surface area contributed by atoms with Crippen LogP contribution in [0.2, 0.25) is 0 Å². The van der Waals surface area contributed by atoms with E-state index in [1.54, 1.807) is 42.6 Å². The molecule has 0 fully saturated rings. The molecule has 3 rings (SSSR count). The van der Waals surface area contributed by atoms with E-state index in [1.807, 2.05) is 0 Å². The van der Waals surface area contributed by atoms with Crippen LogP contribution < -0.4 is 0 Å². The second-order valence-electron chi connectivity index (χ2n) is 5.38. The van der Waals surface area contributed by atoms with Gasteiger partial charge < -0.3 is 4.74 Å². The smallest absolute Gasteiger partial charge is 0.417 e. The lowest BCUT2D eigenvalue weighted by atomic mass is 9.98. The summed E-state index contributed by atoms with van der Waals surface area (Å²) in [4.78, 5) is 16.0. The fraction of sp³-hybridized carbons (Fsp3) is 0.158. The Labute approximate surface area is 152 Å². The first-order valence-electron chi connectivity index (χ1n) is 7.80. The first-order valence-corrected chi connectivity index (χ1v) is 8.68. The summed E-state index contributed by atoms with van der Waals surface area (Å²) in [5.74, 6) is -0.520. The van der Waals surface area contributed by atoms with E-state index in [1.165, 1.54) is 23.5 Å². The number of hydrogen-bond acceptors (Lipinski definition) is 4. The number of aromatic nitrogens is 1. The topological polar surface area (TPSA) is 39.2 Å². The molecule has 3 aromatic rings. The molecule has 0 atom stereocenters. The Morgan fingerprint density at radius 3 is 2.58 bits per heavy atom. The molecule has 0 bridgehead atoms. The van der Waals surface area contributed by atoms with Gasteiger partial charge in [-0.05, 0) is 30.2 Å². The van der Waals surface area contributed by atoms with Gasteiger partial charge in [0.05, 0.1) is 12.2 Å². The number of benzene rings is 2. The summed E-state index contributed by atoms with van der Waals surface area (Å²) in [6, 6.07) is 12.1. The second-order valence-corrected chi connectivity index (χ2v) is 6.24. The van der Waals surface area contributed by atoms with Crippen molar-refractivity contribution in [1.82, 2.24) is 4.98 Å². The number of carbonyl (C=O) groups excluding carboxylic acids is 1. The van der Waals surface area contributed by atoms with E-state index in [0.29, 0.717) is 16.1 Å². The number of thiazole rings is 1. The van der Waals surface area contributed by atoms with Crippen molar-refractivity contribution in [2.75, 3.05) is 6.61 Å². The third-order valence-corrected chi connectivity index (χ3v) is 4.53. The Morgan fingerprint density at radius 2 is 1.85 bits per heavy atom. The molecule has 2 aromatic carbocycles. The van der Waals surface area contributed by atoms with Crippen LogP contribution in [0.5, 0.6) is 0 Å². The van der Waals surface area contributed by atoms with Gasteiger partial charge in [-0.2, -0.15) is 13.2 Å². The molecule has 0 saturated carbocycles. The molecule has 0 aliphatic rings. The minimum atomic E-state index is -4.44. The highest BCUT2D eigenvalue weighted by molar-refractivity contribution is 7.13. The number of esters is 1. The van der Waals surface area contributed by atoms with E-state index in [0.717, 1.165) is 6.07 Å². The second kappa shape index (κ2) is 7.29. The molecule has 0 saturated heterocycles. The van der Waals surface area contributed by atoms with Gasteiger partial charge in [0.2, 0.25) is 0 Å². The van der Waals surface area contributed by atoms with Crippen LogP contribution in [-0.2, 0) is 10.9 Å². The molecule has 0 amide bonds. The third-order valence-electron chi connectivity index (χ3n) is 3.64. The van der Waals surface area contributed by atoms with Crippen LogP contribution in [0.25, 0.3) is 21.7 Å². The maximum atomic E-state index is 13.3. The molecule has 0 unspecified atom stereocenters. The molecule has 1 aromatic heterocycles. The first kappa shape index (κ1) is 18.1. The molecular weight excluding hydrogens is 363 g/mol. The molecule has 0 aliphatic heterocycles. The van der Waals surface area contributed by atoms with Crippen molar-refractivity contribution < 1.29 is 22.7 Å². The summed E-state index contributed by atoms with van der Waals surface area (Å²) in [7, 11) is 0. The maximum absolute atomic E-state index is 13.3. The predicted molar refractivity (Wildman–Crippen MR) is 93.9 cm³/mol. The highest BCUT2D eigenvalue weighted by Gasteiger charge is 2.33. The van der Waals surface area contributed by atoms with E-state index in [2.05, 4.69) is 4.98 Å². The Balaban J connectivity index is 1.99. The summed E-state index contributed by atoms with van der Waals surface area (Å²) >= 11 is 1.24. The summed E-state index contributed by atoms with van der Waals surface area (Å²) < 4.78 is 44.7. The molecule has 26 heavy (non-hydrogen) atoms. The molecule has 1 heterocycles. The Bertz CT molecular complexity index is 934. The minimum absolute atomic E-state index is 0.101. The van der Waals surface area contributed by atoms with Gasteiger partial charge in [-0.3, -0.25) is 0 Å². The van der Waals surface area contributed by atoms with Crippen LogP contribution in [0.15, 0.2) is 53.9 Å². The van der Waals surface area contributed by atoms with E-state index in [4.69, 9.17) is 4.74 Å². The average Bonchev–Trinajstić information content (AvgIpc) is 3.12. The van der Waals surface area contributed by atoms with Crippen LogP contribution in [0, 0.1) is 0 Å². The van der Waals surface area contributed by atoms with Gasteiger partial charge in [0.1, 0.15) is 5.01 Å². The number of rotatable bonds is 4. The van der Waals surface area contributed by atoms with Crippen LogP contribution in [-0.4, -0.2) is 17.6 Å². The Kier molecular flexibility index (Phi) is 5.08. The van der Waals surface area contributed by atoms with Crippen LogP contribution in [0.4, 0.5) is 13.2 Å². The van der Waals surface area contributed by atoms with E-state index in [9.17, 15) is 18.0 Å². The molecular formula is C19H14F3NO2S. The van der Waals surface area contributed by atoms with Crippen molar-refractivity contribution >= 4 is 17.3 Å². The van der Waals surface area contributed by atoms with Gasteiger partial charge in [0.15, 0.2) is 5.69 Å². The third kappa shape index (κ3) is 3.77. The normalized spacial score (nSPS) is 11.4. The molecule has 0 N–H and O–H groups in total. The summed E-state index contributed by atoms with van der Waals surface area (Å²) in [5.41, 5.74) is 0.670. The fourth-order valence-corrected chi connectivity index (χ4v) is 3.29. The lowest BCUT2D eigenvalue weighted by molar-refractivity contribution is -0.137. The van der Waals surface area contributed by atoms with Crippen LogP contribution in [0.1, 0.15) is 23.0 Å². The molecule has 134 valence electrons. The number of halogens is 3. The highest BCUT2D eigenvalue weighted by atomic mass is 32.1. The summed E-state index contributed by atoms with van der Waals surface area (Å²) in [5, 5.41) is 2.11. The standard InChI is InChI=1S/C19H14F3NO2S/c1-2-25-18(24)16-11-26-17(23-16)13-7-5-6-12(10-13)14-8-3-4-9-15(14)19(20,21)22/h3-11H,2H2,1H3. The van der Waals surface area contributed by atoms with Crippen molar-refractivity contribution in [3.8, 4) is 21.7 Å². The van der Waals surface area contributed by atoms with Crippen LogP contribution >= 0.6 is 11.3 Å². The van der Waals surface area contributed by atoms with Gasteiger partial charge in [-0.1, -0.05) is 36.4 Å². The summed E-state index contributed by atoms with van der Waals surface area (Å²) in [6.07, 6.45) is -4.44. The monoisotopic (exact) mass is 377 g/mol. The molecule has 7 heteroatoms. The number of hydrogen-bond donors (Lipinski definition) is 0. The molecule has 0 spiro atoms. The molecule has 3 nitrogen and oxygen atoms in total. The van der Waals surface area contributed by atoms with E-state index in [-0.39, 0.29) is 17.9 Å². The van der Waals surface area contributed by atoms with Crippen molar-refractivity contribution in [2.45, 2.75) is 13.1 Å². The van der Waals surface area contributed by atoms with Gasteiger partial charge in [-0.15, -0.1) is 11.3 Å². The quantitative estimate of drug-likeness (QED) is 0.550. The largest absolute Gasteiger partial charge is 0.461 e. The molecule has 0 radical (unpaired) electrons. The number of alkyl halides is 3. The lowest BCUT2D eigenvalue weighted by Gasteiger charge is -2.13. The average molecular weight is 377 g/mol. The minimum Gasteiger partial charge on any atom is -0.461 e. The van der Waals surface area contributed by atoms with Crippen molar-refractivity contribution in [2.24, 2.45) is 0 Å². The van der Waals surface area contributed by atoms with Gasteiger partial charge in [0.25, 0.3) is 0 Å². The van der Waals surface area contributed by atoms with Crippen molar-refractivity contribution in [3.05, 3.63) is 65.2 Å². The van der Waals surface area contributed by atoms with Crippen LogP contribution in [0.3, 0.4) is 0 Å². The van der Waals surface area contributed by atoms with Crippen molar-refractivity contribution in [3.63, 3.8) is 0 Å². The fourth-order valence-electron chi connectivity index (χ4n) is 2.51. The SMILES string of the molecule is CCOC(=O)c1csc(-c2cccc(-c3ccccc3C(F)(F)F)c2)n1. The predicted octanol–water partition coefficient (Wildman–Crippen LogP) is 5.67. The maximum Gasteiger partial charge on any atom is 0.417 e. The van der Waals surface area contributed by atoms with Gasteiger partial charge in [-0.25, -0.2) is 9.78 Å².